The van der Waals surface area contributed by atoms with Crippen molar-refractivity contribution in [3.63, 3.8) is 0 Å². The molecule has 9 nitrogen and oxygen atoms in total. The van der Waals surface area contributed by atoms with Crippen LogP contribution in [0.1, 0.15) is 66.1 Å². The van der Waals surface area contributed by atoms with Crippen LogP contribution >= 0.6 is 11.6 Å². The Balaban J connectivity index is 1.02. The zero-order valence-corrected chi connectivity index (χ0v) is 19.4. The summed E-state index contributed by atoms with van der Waals surface area (Å²) in [4.78, 5) is 25.3. The molecule has 2 aromatic rings. The summed E-state index contributed by atoms with van der Waals surface area (Å²) in [5, 5.41) is 11.5. The molecule has 2 saturated heterocycles. The number of hydrogen-bond donors (Lipinski definition) is 1. The summed E-state index contributed by atoms with van der Waals surface area (Å²) in [6, 6.07) is 4.45. The molecule has 4 aliphatic rings. The number of benzene rings is 1. The Bertz CT molecular complexity index is 1200. The average molecular weight is 528 g/mol. The van der Waals surface area contributed by atoms with Gasteiger partial charge in [0.2, 0.25) is 11.8 Å². The number of rotatable bonds is 5. The lowest BCUT2D eigenvalue weighted by Gasteiger charge is -2.32. The molecule has 1 aromatic carbocycles. The van der Waals surface area contributed by atoms with Crippen LogP contribution in [0.3, 0.4) is 0 Å². The molecule has 1 aliphatic carbocycles. The summed E-state index contributed by atoms with van der Waals surface area (Å²) in [5.74, 6) is 0.00933. The third kappa shape index (κ3) is 4.46. The van der Waals surface area contributed by atoms with Gasteiger partial charge >= 0.3 is 6.36 Å². The summed E-state index contributed by atoms with van der Waals surface area (Å²) < 4.78 is 58.5. The van der Waals surface area contributed by atoms with Crippen LogP contribution in [-0.4, -0.2) is 58.7 Å². The molecule has 36 heavy (non-hydrogen) atoms. The van der Waals surface area contributed by atoms with Crippen molar-refractivity contribution in [2.24, 2.45) is 0 Å². The quantitative estimate of drug-likeness (QED) is 0.627. The van der Waals surface area contributed by atoms with E-state index in [1.54, 1.807) is 12.1 Å². The minimum absolute atomic E-state index is 0.0791. The van der Waals surface area contributed by atoms with Gasteiger partial charge in [0, 0.05) is 10.9 Å². The molecule has 0 spiro atoms. The smallest absolute Gasteiger partial charge is 0.479 e. The number of hydrogen-bond acceptors (Lipinski definition) is 8. The summed E-state index contributed by atoms with van der Waals surface area (Å²) >= 11 is 5.94. The van der Waals surface area contributed by atoms with E-state index in [1.807, 2.05) is 0 Å². The van der Waals surface area contributed by atoms with Crippen LogP contribution in [-0.2, 0) is 14.3 Å². The number of Topliss-reactive ketones (excluding diaryl/α,β-unsaturated/α-hetero) is 1. The zero-order chi connectivity index (χ0) is 25.2. The van der Waals surface area contributed by atoms with E-state index in [4.69, 9.17) is 25.5 Å². The van der Waals surface area contributed by atoms with Crippen molar-refractivity contribution in [1.82, 2.24) is 15.5 Å². The fraction of sp³-hybridized carbons (Fsp3) is 0.565. The lowest BCUT2D eigenvalue weighted by atomic mass is 9.82. The lowest BCUT2D eigenvalue weighted by Crippen LogP contribution is -2.49. The molecule has 1 aromatic heterocycles. The van der Waals surface area contributed by atoms with Gasteiger partial charge in [0.05, 0.1) is 42.3 Å². The number of halogens is 4. The van der Waals surface area contributed by atoms with Gasteiger partial charge in [-0.3, -0.25) is 14.3 Å². The fourth-order valence-corrected chi connectivity index (χ4v) is 5.57. The molecule has 5 atom stereocenters. The van der Waals surface area contributed by atoms with Crippen LogP contribution in [0.5, 0.6) is 5.75 Å². The first-order valence-electron chi connectivity index (χ1n) is 11.7. The zero-order valence-electron chi connectivity index (χ0n) is 18.7. The summed E-state index contributed by atoms with van der Waals surface area (Å²) in [7, 11) is 0. The van der Waals surface area contributed by atoms with Gasteiger partial charge in [-0.05, 0) is 43.9 Å². The second kappa shape index (κ2) is 8.70. The van der Waals surface area contributed by atoms with E-state index >= 15 is 0 Å². The number of aromatic nitrogens is 2. The molecule has 3 fully saturated rings. The van der Waals surface area contributed by atoms with Crippen molar-refractivity contribution < 1.29 is 41.4 Å². The normalized spacial score (nSPS) is 33.1. The van der Waals surface area contributed by atoms with Gasteiger partial charge in [-0.25, -0.2) is 0 Å². The van der Waals surface area contributed by atoms with E-state index < -0.39 is 18.6 Å². The molecule has 13 heteroatoms. The maximum atomic E-state index is 12.8. The second-order valence-electron chi connectivity index (χ2n) is 9.61. The summed E-state index contributed by atoms with van der Waals surface area (Å²) in [6.45, 7) is 0. The third-order valence-corrected chi connectivity index (χ3v) is 7.47. The van der Waals surface area contributed by atoms with Gasteiger partial charge in [0.25, 0.3) is 5.91 Å². The van der Waals surface area contributed by atoms with Gasteiger partial charge < -0.3 is 19.2 Å². The minimum atomic E-state index is -4.65. The highest BCUT2D eigenvalue weighted by Gasteiger charge is 2.51. The van der Waals surface area contributed by atoms with E-state index in [9.17, 15) is 22.8 Å². The average Bonchev–Trinajstić information content (AvgIpc) is 3.51. The number of ether oxygens (including phenoxy) is 3. The highest BCUT2D eigenvalue weighted by molar-refractivity contribution is 6.31. The van der Waals surface area contributed by atoms with Crippen LogP contribution in [0.25, 0.3) is 0 Å². The Kier molecular flexibility index (Phi) is 5.73. The summed E-state index contributed by atoms with van der Waals surface area (Å²) in [5.41, 5.74) is 0.363. The molecule has 1 N–H and O–H groups in total. The van der Waals surface area contributed by atoms with Crippen molar-refractivity contribution in [3.05, 3.63) is 40.6 Å². The number of nitrogens with zero attached hydrogens (tertiary/aromatic N) is 2. The Morgan fingerprint density at radius 1 is 1.11 bits per heavy atom. The molecule has 4 unspecified atom stereocenters. The first-order valence-corrected chi connectivity index (χ1v) is 12.0. The van der Waals surface area contributed by atoms with Crippen molar-refractivity contribution in [1.29, 1.82) is 0 Å². The predicted octanol–water partition coefficient (Wildman–Crippen LogP) is 3.67. The molecule has 192 valence electrons. The molecule has 4 heterocycles. The van der Waals surface area contributed by atoms with E-state index in [0.29, 0.717) is 41.0 Å². The van der Waals surface area contributed by atoms with Crippen LogP contribution in [0.2, 0.25) is 5.02 Å². The maximum Gasteiger partial charge on any atom is 0.522 e. The van der Waals surface area contributed by atoms with E-state index in [1.165, 1.54) is 6.07 Å². The lowest BCUT2D eigenvalue weighted by molar-refractivity contribution is -0.352. The van der Waals surface area contributed by atoms with Crippen molar-refractivity contribution in [3.8, 4) is 5.75 Å². The fourth-order valence-electron chi connectivity index (χ4n) is 5.40. The van der Waals surface area contributed by atoms with Gasteiger partial charge in [-0.1, -0.05) is 11.6 Å². The number of carbonyl (C=O) groups is 2. The molecule has 1 amide bonds. The van der Waals surface area contributed by atoms with E-state index in [0.717, 1.165) is 0 Å². The molecule has 2 bridgehead atoms. The Labute approximate surface area is 207 Å². The van der Waals surface area contributed by atoms with Crippen LogP contribution in [0, 0.1) is 0 Å². The van der Waals surface area contributed by atoms with Crippen molar-refractivity contribution in [2.45, 2.75) is 80.8 Å². The van der Waals surface area contributed by atoms with Crippen LogP contribution in [0.4, 0.5) is 13.2 Å². The Morgan fingerprint density at radius 2 is 1.89 bits per heavy atom. The third-order valence-electron chi connectivity index (χ3n) is 7.24. The molecular weight excluding hydrogens is 507 g/mol. The number of fused-ring (bicyclic) bond motifs is 3. The molecule has 6 rings (SSSR count). The monoisotopic (exact) mass is 527 g/mol. The number of alkyl halides is 3. The van der Waals surface area contributed by atoms with Crippen molar-refractivity contribution >= 4 is 23.3 Å². The number of nitrogens with one attached hydrogen (secondary N) is 1. The molecule has 0 radical (unpaired) electrons. The largest absolute Gasteiger partial charge is 0.522 e. The second-order valence-corrected chi connectivity index (χ2v) is 10.0. The number of amides is 1. The SMILES string of the molecule is O=C1C[C@@H](C(=O)NC2CC3OC2CC3c2nnc([C@H]3C[C@@H](OC(F)(F)F)C3)o2)Oc2ccc(Cl)cc21. The van der Waals surface area contributed by atoms with Gasteiger partial charge in [-0.2, -0.15) is 0 Å². The number of ketones is 1. The molecule has 3 aliphatic heterocycles. The highest BCUT2D eigenvalue weighted by Crippen LogP contribution is 2.46. The Hall–Kier alpha value is -2.70. The van der Waals surface area contributed by atoms with E-state index in [2.05, 4.69) is 20.3 Å². The topological polar surface area (TPSA) is 113 Å². The highest BCUT2D eigenvalue weighted by atomic mass is 35.5. The van der Waals surface area contributed by atoms with Gasteiger partial charge in [0.15, 0.2) is 11.9 Å². The molecule has 1 saturated carbocycles. The van der Waals surface area contributed by atoms with Gasteiger partial charge in [-0.15, -0.1) is 23.4 Å². The standard InChI is InChI=1S/C23H21ClF3N3O6/c24-10-1-2-16-12(5-10)15(31)8-19(33-16)20(32)28-14-7-17-13(6-18(14)34-17)22-30-29-21(35-22)9-3-11(4-9)36-23(25,26)27/h1-2,5,9,11,13-14,17-19H,3-4,6-8H2,(H,28,32)/t9-,11+,13?,14?,17?,18?,19-/m0/s1. The maximum absolute atomic E-state index is 12.8. The Morgan fingerprint density at radius 3 is 2.61 bits per heavy atom. The van der Waals surface area contributed by atoms with Gasteiger partial charge in [0.1, 0.15) is 5.75 Å². The molecular formula is C23H21ClF3N3O6. The minimum Gasteiger partial charge on any atom is -0.479 e. The van der Waals surface area contributed by atoms with Crippen LogP contribution < -0.4 is 10.1 Å². The van der Waals surface area contributed by atoms with E-state index in [-0.39, 0.29) is 61.0 Å². The van der Waals surface area contributed by atoms with Crippen molar-refractivity contribution in [2.75, 3.05) is 0 Å². The number of carbonyl (C=O) groups excluding carboxylic acids is 2. The van der Waals surface area contributed by atoms with Crippen LogP contribution in [0.15, 0.2) is 22.6 Å². The first-order chi connectivity index (χ1) is 17.1. The predicted molar refractivity (Wildman–Crippen MR) is 115 cm³/mol. The first kappa shape index (κ1) is 23.7. The summed E-state index contributed by atoms with van der Waals surface area (Å²) in [6.07, 6.45) is -5.65.